The number of hydrogen-bond acceptors (Lipinski definition) is 6. The number of nitrogens with zero attached hydrogens (tertiary/aromatic N) is 5. The zero-order valence-corrected chi connectivity index (χ0v) is 17.1. The van der Waals surface area contributed by atoms with Crippen LogP contribution >= 0.6 is 11.3 Å². The van der Waals surface area contributed by atoms with Crippen molar-refractivity contribution in [2.24, 2.45) is 7.05 Å². The zero-order valence-electron chi connectivity index (χ0n) is 16.3. The summed E-state index contributed by atoms with van der Waals surface area (Å²) in [4.78, 5) is 17.2. The molecule has 4 aromatic heterocycles. The first-order valence-corrected chi connectivity index (χ1v) is 10.2. The van der Waals surface area contributed by atoms with Crippen molar-refractivity contribution in [2.45, 2.75) is 13.3 Å². The molecule has 0 aliphatic rings. The highest BCUT2D eigenvalue weighted by Crippen LogP contribution is 2.42. The topological polar surface area (TPSA) is 100 Å². The molecule has 1 aromatic carbocycles. The fourth-order valence-corrected chi connectivity index (χ4v) is 5.01. The summed E-state index contributed by atoms with van der Waals surface area (Å²) in [5.41, 5.74) is 3.94. The molecule has 0 spiro atoms. The van der Waals surface area contributed by atoms with Crippen molar-refractivity contribution < 1.29 is 0 Å². The van der Waals surface area contributed by atoms with Crippen LogP contribution in [-0.4, -0.2) is 25.0 Å². The number of nitriles is 1. The number of aromatic amines is 1. The van der Waals surface area contributed by atoms with Crippen molar-refractivity contribution in [3.63, 3.8) is 0 Å². The van der Waals surface area contributed by atoms with E-state index in [1.54, 1.807) is 23.3 Å². The Kier molecular flexibility index (Phi) is 4.19. The van der Waals surface area contributed by atoms with Crippen LogP contribution in [0.1, 0.15) is 18.2 Å². The molecule has 0 atom stereocenters. The van der Waals surface area contributed by atoms with Gasteiger partial charge in [0.1, 0.15) is 6.07 Å². The minimum Gasteiger partial charge on any atom is -0.267 e. The molecule has 5 aromatic rings. The van der Waals surface area contributed by atoms with Gasteiger partial charge in [0.25, 0.3) is 5.56 Å². The number of aryl methyl sites for hydroxylation is 2. The van der Waals surface area contributed by atoms with Crippen LogP contribution in [0.5, 0.6) is 0 Å². The first-order chi connectivity index (χ1) is 14.6. The average molecular weight is 412 g/mol. The van der Waals surface area contributed by atoms with E-state index in [0.717, 1.165) is 42.9 Å². The van der Waals surface area contributed by atoms with Crippen molar-refractivity contribution in [3.05, 3.63) is 64.5 Å². The normalized spacial score (nSPS) is 11.2. The van der Waals surface area contributed by atoms with Crippen LogP contribution < -0.4 is 5.56 Å². The van der Waals surface area contributed by atoms with Gasteiger partial charge in [0.15, 0.2) is 0 Å². The number of H-pyrrole nitrogens is 1. The van der Waals surface area contributed by atoms with E-state index in [2.05, 4.69) is 26.3 Å². The van der Waals surface area contributed by atoms with Crippen LogP contribution in [0.25, 0.3) is 42.6 Å². The lowest BCUT2D eigenvalue weighted by Crippen LogP contribution is -2.10. The number of thiophene rings is 1. The predicted molar refractivity (Wildman–Crippen MR) is 117 cm³/mol. The van der Waals surface area contributed by atoms with E-state index < -0.39 is 0 Å². The van der Waals surface area contributed by atoms with E-state index >= 15 is 0 Å². The Hall–Kier alpha value is -3.83. The molecule has 7 nitrogen and oxygen atoms in total. The van der Waals surface area contributed by atoms with Gasteiger partial charge in [-0.05, 0) is 30.2 Å². The number of aromatic nitrogens is 5. The van der Waals surface area contributed by atoms with Gasteiger partial charge in [-0.2, -0.15) is 15.5 Å². The van der Waals surface area contributed by atoms with Crippen LogP contribution in [0.15, 0.2) is 47.7 Å². The molecule has 146 valence electrons. The first-order valence-electron chi connectivity index (χ1n) is 9.43. The summed E-state index contributed by atoms with van der Waals surface area (Å²) in [6.45, 7) is 2.01. The van der Waals surface area contributed by atoms with Crippen LogP contribution in [0.2, 0.25) is 0 Å². The summed E-state index contributed by atoms with van der Waals surface area (Å²) >= 11 is 1.53. The van der Waals surface area contributed by atoms with E-state index in [1.807, 2.05) is 38.2 Å². The molecule has 0 unspecified atom stereocenters. The maximum Gasteiger partial charge on any atom is 0.272 e. The molecule has 0 saturated heterocycles. The van der Waals surface area contributed by atoms with Crippen molar-refractivity contribution in [1.29, 1.82) is 5.26 Å². The molecule has 0 aliphatic carbocycles. The number of benzene rings is 1. The van der Waals surface area contributed by atoms with Crippen LogP contribution in [0.3, 0.4) is 0 Å². The third kappa shape index (κ3) is 2.64. The third-order valence-corrected chi connectivity index (χ3v) is 6.42. The van der Waals surface area contributed by atoms with Gasteiger partial charge < -0.3 is 0 Å². The van der Waals surface area contributed by atoms with E-state index in [4.69, 9.17) is 0 Å². The summed E-state index contributed by atoms with van der Waals surface area (Å²) in [7, 11) is 1.87. The Labute approximate surface area is 175 Å². The molecule has 0 fully saturated rings. The quantitative estimate of drug-likeness (QED) is 0.482. The van der Waals surface area contributed by atoms with Crippen molar-refractivity contribution in [1.82, 2.24) is 25.0 Å². The third-order valence-electron chi connectivity index (χ3n) is 5.27. The van der Waals surface area contributed by atoms with E-state index in [1.165, 1.54) is 11.3 Å². The summed E-state index contributed by atoms with van der Waals surface area (Å²) in [6.07, 6.45) is 5.98. The fraction of sp³-hybridized carbons (Fsp3) is 0.136. The first kappa shape index (κ1) is 18.2. The minimum atomic E-state index is -0.205. The highest BCUT2D eigenvalue weighted by atomic mass is 32.1. The van der Waals surface area contributed by atoms with Gasteiger partial charge in [-0.3, -0.25) is 14.5 Å². The van der Waals surface area contributed by atoms with Gasteiger partial charge in [-0.25, -0.2) is 5.10 Å². The van der Waals surface area contributed by atoms with Crippen LogP contribution in [-0.2, 0) is 13.5 Å². The molecule has 4 heterocycles. The highest BCUT2D eigenvalue weighted by Gasteiger charge is 2.21. The Morgan fingerprint density at radius 3 is 2.87 bits per heavy atom. The van der Waals surface area contributed by atoms with Gasteiger partial charge in [-0.1, -0.05) is 13.0 Å². The SMILES string of the molecule is CCc1n[nH]c(=O)c2ccc(-c3cnn(C)c3-c3sc4cnccc4c3C#N)cc12. The summed E-state index contributed by atoms with van der Waals surface area (Å²) in [5.74, 6) is 0. The lowest BCUT2D eigenvalue weighted by Gasteiger charge is -2.08. The summed E-state index contributed by atoms with van der Waals surface area (Å²) < 4.78 is 2.74. The lowest BCUT2D eigenvalue weighted by atomic mass is 9.99. The van der Waals surface area contributed by atoms with Gasteiger partial charge >= 0.3 is 0 Å². The van der Waals surface area contributed by atoms with E-state index in [-0.39, 0.29) is 5.56 Å². The molecule has 0 aliphatic heterocycles. The molecule has 0 saturated carbocycles. The Morgan fingerprint density at radius 1 is 1.20 bits per heavy atom. The van der Waals surface area contributed by atoms with E-state index in [0.29, 0.717) is 17.4 Å². The number of hydrogen-bond donors (Lipinski definition) is 1. The molecule has 1 N–H and O–H groups in total. The van der Waals surface area contributed by atoms with Gasteiger partial charge in [0, 0.05) is 35.8 Å². The van der Waals surface area contributed by atoms with Crippen LogP contribution in [0.4, 0.5) is 0 Å². The van der Waals surface area contributed by atoms with Crippen molar-refractivity contribution in [3.8, 4) is 27.8 Å². The monoisotopic (exact) mass is 412 g/mol. The number of rotatable bonds is 3. The maximum atomic E-state index is 12.2. The van der Waals surface area contributed by atoms with Gasteiger partial charge in [-0.15, -0.1) is 11.3 Å². The second kappa shape index (κ2) is 6.90. The second-order valence-electron chi connectivity index (χ2n) is 6.93. The average Bonchev–Trinajstić information content (AvgIpc) is 3.33. The fourth-order valence-electron chi connectivity index (χ4n) is 3.80. The van der Waals surface area contributed by atoms with Crippen molar-refractivity contribution >= 4 is 32.2 Å². The highest BCUT2D eigenvalue weighted by molar-refractivity contribution is 7.22. The lowest BCUT2D eigenvalue weighted by molar-refractivity contribution is 0.777. The van der Waals surface area contributed by atoms with Gasteiger partial charge in [0.2, 0.25) is 0 Å². The Bertz CT molecular complexity index is 1540. The molecule has 0 radical (unpaired) electrons. The van der Waals surface area contributed by atoms with Crippen LogP contribution in [0, 0.1) is 11.3 Å². The molecule has 8 heteroatoms. The molecular weight excluding hydrogens is 396 g/mol. The predicted octanol–water partition coefficient (Wildman–Crippen LogP) is 4.03. The molecular formula is C22H16N6OS. The number of nitrogens with one attached hydrogen (secondary N) is 1. The standard InChI is InChI=1S/C22H16N6OS/c1-3-18-15-8-12(4-5-14(15)22(29)27-26-18)17-10-25-28(2)20(17)21-16(9-23)13-6-7-24-11-19(13)30-21/h4-8,10-11H,3H2,1-2H3,(H,27,29). The Balaban J connectivity index is 1.79. The second-order valence-corrected chi connectivity index (χ2v) is 7.99. The summed E-state index contributed by atoms with van der Waals surface area (Å²) in [5, 5.41) is 23.4. The smallest absolute Gasteiger partial charge is 0.267 e. The molecule has 30 heavy (non-hydrogen) atoms. The molecule has 5 rings (SSSR count). The maximum absolute atomic E-state index is 12.2. The number of pyridine rings is 1. The largest absolute Gasteiger partial charge is 0.272 e. The molecule has 0 amide bonds. The van der Waals surface area contributed by atoms with Crippen molar-refractivity contribution in [2.75, 3.05) is 0 Å². The number of fused-ring (bicyclic) bond motifs is 2. The van der Waals surface area contributed by atoms with Gasteiger partial charge in [0.05, 0.1) is 38.1 Å². The Morgan fingerprint density at radius 2 is 2.07 bits per heavy atom. The minimum absolute atomic E-state index is 0.205. The molecule has 0 bridgehead atoms. The van der Waals surface area contributed by atoms with E-state index in [9.17, 15) is 10.1 Å². The summed E-state index contributed by atoms with van der Waals surface area (Å²) in [6, 6.07) is 9.94. The zero-order chi connectivity index (χ0) is 20.8.